The summed E-state index contributed by atoms with van der Waals surface area (Å²) in [6, 6.07) is 8.23. The van der Waals surface area contributed by atoms with Crippen LogP contribution in [0.4, 0.5) is 5.69 Å². The molecule has 2 aromatic rings. The molecule has 72 valence electrons. The van der Waals surface area contributed by atoms with Crippen molar-refractivity contribution in [2.75, 3.05) is 5.32 Å². The van der Waals surface area contributed by atoms with E-state index in [1.165, 1.54) is 22.8 Å². The van der Waals surface area contributed by atoms with Gasteiger partial charge in [0.1, 0.15) is 0 Å². The SMILES string of the molecule is Cc1ccccc1NCc1cnns1. The first-order valence-electron chi connectivity index (χ1n) is 4.42. The monoisotopic (exact) mass is 205 g/mol. The number of aryl methyl sites for hydroxylation is 1. The molecule has 0 radical (unpaired) electrons. The smallest absolute Gasteiger partial charge is 0.0671 e. The molecule has 0 amide bonds. The molecule has 1 aromatic carbocycles. The van der Waals surface area contributed by atoms with Gasteiger partial charge in [-0.15, -0.1) is 5.10 Å². The van der Waals surface area contributed by atoms with E-state index in [0.717, 1.165) is 11.4 Å². The highest BCUT2D eigenvalue weighted by Crippen LogP contribution is 2.14. The van der Waals surface area contributed by atoms with Gasteiger partial charge in [0, 0.05) is 5.69 Å². The molecule has 0 saturated carbocycles. The van der Waals surface area contributed by atoms with E-state index >= 15 is 0 Å². The van der Waals surface area contributed by atoms with Crippen molar-refractivity contribution in [2.24, 2.45) is 0 Å². The van der Waals surface area contributed by atoms with Crippen molar-refractivity contribution in [1.82, 2.24) is 9.59 Å². The van der Waals surface area contributed by atoms with E-state index in [9.17, 15) is 0 Å². The Morgan fingerprint density at radius 2 is 2.21 bits per heavy atom. The third kappa shape index (κ3) is 2.09. The summed E-state index contributed by atoms with van der Waals surface area (Å²) in [5.74, 6) is 0. The molecule has 1 aromatic heterocycles. The minimum atomic E-state index is 0.794. The van der Waals surface area contributed by atoms with E-state index in [2.05, 4.69) is 34.0 Å². The van der Waals surface area contributed by atoms with Crippen LogP contribution < -0.4 is 5.32 Å². The van der Waals surface area contributed by atoms with Crippen LogP contribution in [0.2, 0.25) is 0 Å². The second-order valence-electron chi connectivity index (χ2n) is 3.05. The maximum absolute atomic E-state index is 3.81. The number of nitrogens with zero attached hydrogens (tertiary/aromatic N) is 2. The Morgan fingerprint density at radius 1 is 1.36 bits per heavy atom. The summed E-state index contributed by atoms with van der Waals surface area (Å²) in [7, 11) is 0. The lowest BCUT2D eigenvalue weighted by molar-refractivity contribution is 1.12. The fourth-order valence-corrected chi connectivity index (χ4v) is 1.65. The highest BCUT2D eigenvalue weighted by Gasteiger charge is 1.98. The molecule has 0 fully saturated rings. The Labute approximate surface area is 87.0 Å². The molecule has 0 aliphatic carbocycles. The average molecular weight is 205 g/mol. The molecule has 3 nitrogen and oxygen atoms in total. The third-order valence-corrected chi connectivity index (χ3v) is 2.67. The van der Waals surface area contributed by atoms with Crippen molar-refractivity contribution in [2.45, 2.75) is 13.5 Å². The normalized spacial score (nSPS) is 10.1. The summed E-state index contributed by atoms with van der Waals surface area (Å²) in [4.78, 5) is 1.15. The van der Waals surface area contributed by atoms with E-state index in [0.29, 0.717) is 0 Å². The second kappa shape index (κ2) is 4.19. The number of nitrogens with one attached hydrogen (secondary N) is 1. The molecule has 14 heavy (non-hydrogen) atoms. The van der Waals surface area contributed by atoms with Crippen LogP contribution in [0.15, 0.2) is 30.5 Å². The lowest BCUT2D eigenvalue weighted by Gasteiger charge is -2.06. The predicted molar refractivity (Wildman–Crippen MR) is 58.4 cm³/mol. The summed E-state index contributed by atoms with van der Waals surface area (Å²) in [6.45, 7) is 2.88. The van der Waals surface area contributed by atoms with Gasteiger partial charge in [0.25, 0.3) is 0 Å². The zero-order chi connectivity index (χ0) is 9.80. The van der Waals surface area contributed by atoms with Crippen LogP contribution in [0, 0.1) is 6.92 Å². The average Bonchev–Trinajstić information content (AvgIpc) is 2.69. The number of anilines is 1. The quantitative estimate of drug-likeness (QED) is 0.836. The number of rotatable bonds is 3. The first kappa shape index (κ1) is 9.15. The molecular formula is C10H11N3S. The molecule has 0 unspecified atom stereocenters. The van der Waals surface area contributed by atoms with Gasteiger partial charge in [0.05, 0.1) is 17.6 Å². The lowest BCUT2D eigenvalue weighted by Crippen LogP contribution is -1.98. The molecule has 1 heterocycles. The highest BCUT2D eigenvalue weighted by molar-refractivity contribution is 7.05. The van der Waals surface area contributed by atoms with Crippen LogP contribution in [-0.4, -0.2) is 9.59 Å². The Balaban J connectivity index is 2.02. The minimum Gasteiger partial charge on any atom is -0.380 e. The Hall–Kier alpha value is -1.42. The fraction of sp³-hybridized carbons (Fsp3) is 0.200. The van der Waals surface area contributed by atoms with E-state index in [4.69, 9.17) is 0 Å². The summed E-state index contributed by atoms with van der Waals surface area (Å²) < 4.78 is 3.81. The highest BCUT2D eigenvalue weighted by atomic mass is 32.1. The molecule has 0 spiro atoms. The molecule has 0 atom stereocenters. The van der Waals surface area contributed by atoms with Crippen LogP contribution in [0.5, 0.6) is 0 Å². The molecule has 0 saturated heterocycles. The van der Waals surface area contributed by atoms with Crippen molar-refractivity contribution in [3.63, 3.8) is 0 Å². The van der Waals surface area contributed by atoms with Crippen molar-refractivity contribution in [3.05, 3.63) is 40.9 Å². The number of aromatic nitrogens is 2. The van der Waals surface area contributed by atoms with Crippen LogP contribution >= 0.6 is 11.5 Å². The first-order chi connectivity index (χ1) is 6.86. The molecule has 2 rings (SSSR count). The molecule has 0 aliphatic rings. The summed E-state index contributed by atoms with van der Waals surface area (Å²) in [5, 5.41) is 7.13. The van der Waals surface area contributed by atoms with E-state index in [1.54, 1.807) is 6.20 Å². The Morgan fingerprint density at radius 3 is 2.93 bits per heavy atom. The third-order valence-electron chi connectivity index (χ3n) is 2.01. The van der Waals surface area contributed by atoms with Crippen LogP contribution in [-0.2, 0) is 6.54 Å². The Kier molecular flexibility index (Phi) is 2.74. The second-order valence-corrected chi connectivity index (χ2v) is 3.92. The largest absolute Gasteiger partial charge is 0.380 e. The van der Waals surface area contributed by atoms with Crippen LogP contribution in [0.1, 0.15) is 10.4 Å². The summed E-state index contributed by atoms with van der Waals surface area (Å²) in [5.41, 5.74) is 2.42. The van der Waals surface area contributed by atoms with Gasteiger partial charge in [-0.2, -0.15) is 0 Å². The zero-order valence-corrected chi connectivity index (χ0v) is 8.71. The molecule has 0 bridgehead atoms. The fourth-order valence-electron chi connectivity index (χ4n) is 1.22. The molecule has 4 heteroatoms. The van der Waals surface area contributed by atoms with Gasteiger partial charge in [-0.1, -0.05) is 22.7 Å². The van der Waals surface area contributed by atoms with Crippen molar-refractivity contribution >= 4 is 17.2 Å². The number of para-hydroxylation sites is 1. The van der Waals surface area contributed by atoms with E-state index in [-0.39, 0.29) is 0 Å². The standard InChI is InChI=1S/C10H11N3S/c1-8-4-2-3-5-10(8)11-6-9-7-12-13-14-9/h2-5,7,11H,6H2,1H3. The van der Waals surface area contributed by atoms with Crippen molar-refractivity contribution in [1.29, 1.82) is 0 Å². The molecular weight excluding hydrogens is 194 g/mol. The Bertz CT molecular complexity index is 398. The van der Waals surface area contributed by atoms with Gasteiger partial charge < -0.3 is 5.32 Å². The topological polar surface area (TPSA) is 37.8 Å². The van der Waals surface area contributed by atoms with Gasteiger partial charge in [0.15, 0.2) is 0 Å². The van der Waals surface area contributed by atoms with Gasteiger partial charge in [-0.25, -0.2) is 0 Å². The zero-order valence-electron chi connectivity index (χ0n) is 7.90. The number of hydrogen-bond donors (Lipinski definition) is 1. The molecule has 1 N–H and O–H groups in total. The van der Waals surface area contributed by atoms with Gasteiger partial charge >= 0.3 is 0 Å². The molecule has 0 aliphatic heterocycles. The van der Waals surface area contributed by atoms with Crippen molar-refractivity contribution in [3.8, 4) is 0 Å². The van der Waals surface area contributed by atoms with Crippen LogP contribution in [0.25, 0.3) is 0 Å². The summed E-state index contributed by atoms with van der Waals surface area (Å²) >= 11 is 1.42. The van der Waals surface area contributed by atoms with Gasteiger partial charge in [-0.3, -0.25) is 0 Å². The maximum atomic E-state index is 3.81. The van der Waals surface area contributed by atoms with Gasteiger partial charge in [0.2, 0.25) is 0 Å². The van der Waals surface area contributed by atoms with Crippen molar-refractivity contribution < 1.29 is 0 Å². The lowest BCUT2D eigenvalue weighted by atomic mass is 10.2. The maximum Gasteiger partial charge on any atom is 0.0671 e. The minimum absolute atomic E-state index is 0.794. The number of benzene rings is 1. The van der Waals surface area contributed by atoms with E-state index in [1.807, 2.05) is 12.1 Å². The predicted octanol–water partition coefficient (Wildman–Crippen LogP) is 2.46. The first-order valence-corrected chi connectivity index (χ1v) is 5.19. The van der Waals surface area contributed by atoms with E-state index < -0.39 is 0 Å². The van der Waals surface area contributed by atoms with Crippen LogP contribution in [0.3, 0.4) is 0 Å². The van der Waals surface area contributed by atoms with Gasteiger partial charge in [-0.05, 0) is 30.1 Å². The summed E-state index contributed by atoms with van der Waals surface area (Å²) in [6.07, 6.45) is 1.79. The number of hydrogen-bond acceptors (Lipinski definition) is 4.